The van der Waals surface area contributed by atoms with E-state index in [1.807, 2.05) is 29.2 Å². The molecule has 74 valence electrons. The number of rotatable bonds is 2. The highest BCUT2D eigenvalue weighted by atomic mass is 35.5. The second kappa shape index (κ2) is 4.01. The van der Waals surface area contributed by atoms with Crippen LogP contribution < -0.4 is 0 Å². The molecule has 1 aliphatic rings. The van der Waals surface area contributed by atoms with Crippen molar-refractivity contribution >= 4 is 17.5 Å². The van der Waals surface area contributed by atoms with Crippen molar-refractivity contribution in [2.45, 2.75) is 6.42 Å². The van der Waals surface area contributed by atoms with E-state index in [1.165, 1.54) is 0 Å². The van der Waals surface area contributed by atoms with Gasteiger partial charge in [0.25, 0.3) is 5.91 Å². The fourth-order valence-corrected chi connectivity index (χ4v) is 1.99. The van der Waals surface area contributed by atoms with Gasteiger partial charge in [0.2, 0.25) is 0 Å². The molecule has 1 aliphatic heterocycles. The number of hydrogen-bond acceptors (Lipinski definition) is 1. The van der Waals surface area contributed by atoms with Crippen molar-refractivity contribution in [2.75, 3.05) is 19.0 Å². The largest absolute Gasteiger partial charge is 0.337 e. The highest BCUT2D eigenvalue weighted by Crippen LogP contribution is 2.18. The van der Waals surface area contributed by atoms with Gasteiger partial charge in [-0.3, -0.25) is 4.79 Å². The van der Waals surface area contributed by atoms with Gasteiger partial charge < -0.3 is 4.90 Å². The second-order valence-corrected chi connectivity index (χ2v) is 3.77. The van der Waals surface area contributed by atoms with Crippen molar-refractivity contribution in [2.24, 2.45) is 0 Å². The number of nitrogens with zero attached hydrogens (tertiary/aromatic N) is 1. The van der Waals surface area contributed by atoms with Gasteiger partial charge >= 0.3 is 0 Å². The summed E-state index contributed by atoms with van der Waals surface area (Å²) >= 11 is 5.63. The average Bonchev–Trinajstić information content (AvgIpc) is 2.23. The Balaban J connectivity index is 2.27. The molecular formula is C11H12ClNO. The molecule has 2 rings (SSSR count). The van der Waals surface area contributed by atoms with E-state index >= 15 is 0 Å². The molecule has 2 nitrogen and oxygen atoms in total. The molecule has 0 atom stereocenters. The molecule has 0 aliphatic carbocycles. The molecule has 1 heterocycles. The Kier molecular flexibility index (Phi) is 2.73. The number of carbonyl (C=O) groups excluding carboxylic acids is 1. The molecule has 0 saturated carbocycles. The summed E-state index contributed by atoms with van der Waals surface area (Å²) in [5.41, 5.74) is 1.99. The van der Waals surface area contributed by atoms with Gasteiger partial charge in [0.1, 0.15) is 0 Å². The normalized spacial score (nSPS) is 15.5. The minimum absolute atomic E-state index is 0.118. The fourth-order valence-electron chi connectivity index (χ4n) is 1.79. The summed E-state index contributed by atoms with van der Waals surface area (Å²) in [7, 11) is 0. The summed E-state index contributed by atoms with van der Waals surface area (Å²) in [4.78, 5) is 13.7. The Morgan fingerprint density at radius 1 is 1.36 bits per heavy atom. The zero-order valence-electron chi connectivity index (χ0n) is 7.87. The summed E-state index contributed by atoms with van der Waals surface area (Å²) in [6.45, 7) is 1.44. The van der Waals surface area contributed by atoms with Gasteiger partial charge in [0.15, 0.2) is 0 Å². The molecule has 3 heteroatoms. The lowest BCUT2D eigenvalue weighted by molar-refractivity contribution is 0.0750. The van der Waals surface area contributed by atoms with E-state index in [9.17, 15) is 4.79 Å². The van der Waals surface area contributed by atoms with Crippen molar-refractivity contribution in [3.63, 3.8) is 0 Å². The summed E-state index contributed by atoms with van der Waals surface area (Å²) in [5, 5.41) is 0. The molecule has 0 N–H and O–H groups in total. The summed E-state index contributed by atoms with van der Waals surface area (Å²) in [5.74, 6) is 0.626. The Labute approximate surface area is 88.5 Å². The lowest BCUT2D eigenvalue weighted by Gasteiger charge is -2.27. The van der Waals surface area contributed by atoms with Crippen LogP contribution >= 0.6 is 11.6 Å². The first-order valence-corrected chi connectivity index (χ1v) is 5.29. The molecule has 1 aromatic rings. The third-order valence-electron chi connectivity index (χ3n) is 2.54. The highest BCUT2D eigenvalue weighted by Gasteiger charge is 2.22. The predicted octanol–water partition coefficient (Wildman–Crippen LogP) is 1.92. The van der Waals surface area contributed by atoms with E-state index in [-0.39, 0.29) is 5.91 Å². The Bertz CT molecular complexity index is 351. The third kappa shape index (κ3) is 1.62. The number of fused-ring (bicyclic) bond motifs is 1. The van der Waals surface area contributed by atoms with Gasteiger partial charge in [0, 0.05) is 24.5 Å². The molecule has 0 saturated heterocycles. The van der Waals surface area contributed by atoms with E-state index in [0.29, 0.717) is 12.4 Å². The minimum Gasteiger partial charge on any atom is -0.337 e. The Morgan fingerprint density at radius 3 is 2.93 bits per heavy atom. The maximum absolute atomic E-state index is 11.9. The lowest BCUT2D eigenvalue weighted by Crippen LogP contribution is -2.38. The monoisotopic (exact) mass is 209 g/mol. The first kappa shape index (κ1) is 9.53. The van der Waals surface area contributed by atoms with E-state index in [2.05, 4.69) is 0 Å². The predicted molar refractivity (Wildman–Crippen MR) is 56.8 cm³/mol. The van der Waals surface area contributed by atoms with Crippen molar-refractivity contribution in [1.82, 2.24) is 4.90 Å². The van der Waals surface area contributed by atoms with Gasteiger partial charge in [-0.15, -0.1) is 11.6 Å². The van der Waals surface area contributed by atoms with Crippen LogP contribution in [0.25, 0.3) is 0 Å². The summed E-state index contributed by atoms with van der Waals surface area (Å²) in [6, 6.07) is 7.79. The quantitative estimate of drug-likeness (QED) is 0.682. The maximum atomic E-state index is 11.9. The number of carbonyl (C=O) groups is 1. The van der Waals surface area contributed by atoms with E-state index in [4.69, 9.17) is 11.6 Å². The molecule has 14 heavy (non-hydrogen) atoms. The minimum atomic E-state index is 0.118. The Morgan fingerprint density at radius 2 is 2.14 bits per heavy atom. The fraction of sp³-hybridized carbons (Fsp3) is 0.364. The van der Waals surface area contributed by atoms with Crippen LogP contribution in [0.1, 0.15) is 15.9 Å². The molecule has 0 fully saturated rings. The van der Waals surface area contributed by atoms with E-state index < -0.39 is 0 Å². The van der Waals surface area contributed by atoms with Crippen LogP contribution in [0, 0.1) is 0 Å². The second-order valence-electron chi connectivity index (χ2n) is 3.39. The molecular weight excluding hydrogens is 198 g/mol. The van der Waals surface area contributed by atoms with Gasteiger partial charge in [-0.1, -0.05) is 18.2 Å². The van der Waals surface area contributed by atoms with Gasteiger partial charge in [-0.2, -0.15) is 0 Å². The summed E-state index contributed by atoms with van der Waals surface area (Å²) in [6.07, 6.45) is 0.943. The molecule has 0 bridgehead atoms. The zero-order valence-corrected chi connectivity index (χ0v) is 8.63. The van der Waals surface area contributed by atoms with Crippen LogP contribution in [0.2, 0.25) is 0 Å². The first-order valence-electron chi connectivity index (χ1n) is 4.76. The van der Waals surface area contributed by atoms with Crippen LogP contribution in [0.4, 0.5) is 0 Å². The van der Waals surface area contributed by atoms with Crippen molar-refractivity contribution < 1.29 is 4.79 Å². The molecule has 0 aromatic heterocycles. The highest BCUT2D eigenvalue weighted by molar-refractivity contribution is 6.18. The average molecular weight is 210 g/mol. The number of amides is 1. The summed E-state index contributed by atoms with van der Waals surface area (Å²) < 4.78 is 0. The van der Waals surface area contributed by atoms with Crippen LogP contribution in [-0.4, -0.2) is 29.8 Å². The van der Waals surface area contributed by atoms with Gasteiger partial charge in [0.05, 0.1) is 0 Å². The SMILES string of the molecule is O=C1c2ccccc2CCN1CCCl. The van der Waals surface area contributed by atoms with Crippen LogP contribution in [-0.2, 0) is 6.42 Å². The molecule has 1 amide bonds. The molecule has 0 radical (unpaired) electrons. The van der Waals surface area contributed by atoms with Crippen LogP contribution in [0.3, 0.4) is 0 Å². The van der Waals surface area contributed by atoms with Crippen LogP contribution in [0.15, 0.2) is 24.3 Å². The standard InChI is InChI=1S/C11H12ClNO/c12-6-8-13-7-5-9-3-1-2-4-10(9)11(13)14/h1-4H,5-8H2. The zero-order chi connectivity index (χ0) is 9.97. The third-order valence-corrected chi connectivity index (χ3v) is 2.71. The first-order chi connectivity index (χ1) is 6.83. The van der Waals surface area contributed by atoms with Crippen molar-refractivity contribution in [1.29, 1.82) is 0 Å². The van der Waals surface area contributed by atoms with E-state index in [0.717, 1.165) is 24.1 Å². The topological polar surface area (TPSA) is 20.3 Å². The van der Waals surface area contributed by atoms with E-state index in [1.54, 1.807) is 0 Å². The number of hydrogen-bond donors (Lipinski definition) is 0. The lowest BCUT2D eigenvalue weighted by atomic mass is 9.99. The smallest absolute Gasteiger partial charge is 0.254 e. The molecule has 0 unspecified atom stereocenters. The van der Waals surface area contributed by atoms with Crippen molar-refractivity contribution in [3.05, 3.63) is 35.4 Å². The van der Waals surface area contributed by atoms with Crippen LogP contribution in [0.5, 0.6) is 0 Å². The number of alkyl halides is 1. The number of halogens is 1. The molecule has 1 aromatic carbocycles. The number of benzene rings is 1. The van der Waals surface area contributed by atoms with Crippen molar-refractivity contribution in [3.8, 4) is 0 Å². The van der Waals surface area contributed by atoms with Gasteiger partial charge in [-0.25, -0.2) is 0 Å². The Hall–Kier alpha value is -1.02. The molecule has 0 spiro atoms. The maximum Gasteiger partial charge on any atom is 0.254 e. The van der Waals surface area contributed by atoms with Gasteiger partial charge in [-0.05, 0) is 18.1 Å².